The second kappa shape index (κ2) is 7.35. The van der Waals surface area contributed by atoms with Crippen molar-refractivity contribution in [2.75, 3.05) is 0 Å². The van der Waals surface area contributed by atoms with Crippen LogP contribution in [0.15, 0.2) is 64.2 Å². The number of aromatic nitrogens is 3. The van der Waals surface area contributed by atoms with Gasteiger partial charge in [-0.05, 0) is 43.5 Å². The summed E-state index contributed by atoms with van der Waals surface area (Å²) in [5, 5.41) is 1.72. The van der Waals surface area contributed by atoms with Gasteiger partial charge in [0.05, 0.1) is 17.4 Å². The lowest BCUT2D eigenvalue weighted by Gasteiger charge is -2.26. The molecule has 0 saturated heterocycles. The highest BCUT2D eigenvalue weighted by atomic mass is 16.2. The first-order chi connectivity index (χ1) is 13.9. The number of para-hydroxylation sites is 1. The number of pyridine rings is 1. The number of aromatic amines is 2. The largest absolute Gasteiger partial charge is 0.327 e. The second-order valence-corrected chi connectivity index (χ2v) is 7.16. The fourth-order valence-electron chi connectivity index (χ4n) is 3.34. The monoisotopic (exact) mass is 388 g/mol. The fraction of sp³-hybridized carbons (Fsp3) is 0.182. The Morgan fingerprint density at radius 2 is 1.62 bits per heavy atom. The molecule has 0 unspecified atom stereocenters. The zero-order chi connectivity index (χ0) is 20.5. The van der Waals surface area contributed by atoms with E-state index < -0.39 is 0 Å². The average molecular weight is 388 g/mol. The van der Waals surface area contributed by atoms with Crippen molar-refractivity contribution in [3.8, 4) is 0 Å². The van der Waals surface area contributed by atoms with Gasteiger partial charge in [-0.25, -0.2) is 4.98 Å². The molecule has 4 aromatic rings. The van der Waals surface area contributed by atoms with Gasteiger partial charge in [-0.3, -0.25) is 14.4 Å². The Morgan fingerprint density at radius 1 is 0.966 bits per heavy atom. The highest BCUT2D eigenvalue weighted by Gasteiger charge is 2.22. The Bertz CT molecular complexity index is 1340. The van der Waals surface area contributed by atoms with E-state index in [1.54, 1.807) is 47.4 Å². The van der Waals surface area contributed by atoms with Crippen molar-refractivity contribution in [1.29, 1.82) is 0 Å². The number of hydrogen-bond acceptors (Lipinski definition) is 4. The molecule has 2 heterocycles. The first kappa shape index (κ1) is 18.6. The molecule has 2 aromatic heterocycles. The second-order valence-electron chi connectivity index (χ2n) is 7.16. The van der Waals surface area contributed by atoms with E-state index in [4.69, 9.17) is 0 Å². The molecule has 0 atom stereocenters. The molecule has 1 amide bonds. The smallest absolute Gasteiger partial charge is 0.271 e. The zero-order valence-corrected chi connectivity index (χ0v) is 16.1. The minimum Gasteiger partial charge on any atom is -0.327 e. The highest BCUT2D eigenvalue weighted by Crippen LogP contribution is 2.15. The molecule has 4 rings (SSSR count). The standard InChI is InChI=1S/C22H20N4O3/c1-13(2)26(12-19-23-17-10-6-5-9-16(17)21(28)25-19)22(29)18-11-14-7-3-4-8-15(14)20(27)24-18/h3-11,13H,12H2,1-2H3,(H,24,27)(H,23,25,28). The van der Waals surface area contributed by atoms with Gasteiger partial charge in [-0.1, -0.05) is 30.3 Å². The van der Waals surface area contributed by atoms with Crippen LogP contribution in [0.25, 0.3) is 21.7 Å². The van der Waals surface area contributed by atoms with Crippen molar-refractivity contribution in [2.24, 2.45) is 0 Å². The van der Waals surface area contributed by atoms with Crippen LogP contribution in [-0.2, 0) is 6.54 Å². The molecule has 0 fully saturated rings. The van der Waals surface area contributed by atoms with Crippen LogP contribution < -0.4 is 11.1 Å². The molecule has 0 aliphatic heterocycles. The number of carbonyl (C=O) groups excluding carboxylic acids is 1. The molecular weight excluding hydrogens is 368 g/mol. The van der Waals surface area contributed by atoms with Crippen molar-refractivity contribution < 1.29 is 4.79 Å². The number of hydrogen-bond donors (Lipinski definition) is 2. The van der Waals surface area contributed by atoms with Gasteiger partial charge in [-0.2, -0.15) is 0 Å². The summed E-state index contributed by atoms with van der Waals surface area (Å²) in [5.74, 6) is 0.0533. The molecule has 0 saturated carbocycles. The summed E-state index contributed by atoms with van der Waals surface area (Å²) in [6, 6.07) is 15.7. The number of nitrogens with zero attached hydrogens (tertiary/aromatic N) is 2. The van der Waals surface area contributed by atoms with E-state index in [2.05, 4.69) is 15.0 Å². The lowest BCUT2D eigenvalue weighted by Crippen LogP contribution is -2.38. The topological polar surface area (TPSA) is 98.9 Å². The summed E-state index contributed by atoms with van der Waals surface area (Å²) in [6.45, 7) is 3.86. The first-order valence-electron chi connectivity index (χ1n) is 9.35. The third-order valence-corrected chi connectivity index (χ3v) is 4.85. The first-order valence-corrected chi connectivity index (χ1v) is 9.35. The maximum atomic E-state index is 13.2. The maximum absolute atomic E-state index is 13.2. The van der Waals surface area contributed by atoms with Crippen molar-refractivity contribution in [3.63, 3.8) is 0 Å². The number of nitrogens with one attached hydrogen (secondary N) is 2. The van der Waals surface area contributed by atoms with Crippen LogP contribution in [0.5, 0.6) is 0 Å². The number of carbonyl (C=O) groups is 1. The number of H-pyrrole nitrogens is 2. The molecule has 0 aliphatic carbocycles. The Morgan fingerprint density at radius 3 is 2.38 bits per heavy atom. The van der Waals surface area contributed by atoms with Gasteiger partial charge in [0, 0.05) is 11.4 Å². The summed E-state index contributed by atoms with van der Waals surface area (Å²) < 4.78 is 0. The predicted molar refractivity (Wildman–Crippen MR) is 112 cm³/mol. The van der Waals surface area contributed by atoms with Crippen LogP contribution in [0.3, 0.4) is 0 Å². The third-order valence-electron chi connectivity index (χ3n) is 4.85. The van der Waals surface area contributed by atoms with Crippen molar-refractivity contribution >= 4 is 27.6 Å². The van der Waals surface area contributed by atoms with Gasteiger partial charge in [0.2, 0.25) is 0 Å². The number of benzene rings is 2. The Hall–Kier alpha value is -3.74. The number of rotatable bonds is 4. The van der Waals surface area contributed by atoms with E-state index in [0.717, 1.165) is 0 Å². The molecular formula is C22H20N4O3. The SMILES string of the molecule is CC(C)N(Cc1nc2ccccc2c(=O)[nH]1)C(=O)c1cc2ccccc2c(=O)[nH]1. The lowest BCUT2D eigenvalue weighted by molar-refractivity contribution is 0.0679. The van der Waals surface area contributed by atoms with E-state index in [9.17, 15) is 14.4 Å². The number of amides is 1. The summed E-state index contributed by atoms with van der Waals surface area (Å²) >= 11 is 0. The van der Waals surface area contributed by atoms with Crippen LogP contribution >= 0.6 is 0 Å². The van der Waals surface area contributed by atoms with Gasteiger partial charge >= 0.3 is 0 Å². The van der Waals surface area contributed by atoms with Crippen LogP contribution in [-0.4, -0.2) is 31.8 Å². The molecule has 0 aliphatic rings. The number of fused-ring (bicyclic) bond motifs is 2. The van der Waals surface area contributed by atoms with Crippen LogP contribution in [0, 0.1) is 0 Å². The van der Waals surface area contributed by atoms with Gasteiger partial charge < -0.3 is 14.9 Å². The highest BCUT2D eigenvalue weighted by molar-refractivity contribution is 5.96. The Balaban J connectivity index is 1.72. The summed E-state index contributed by atoms with van der Waals surface area (Å²) in [4.78, 5) is 49.3. The van der Waals surface area contributed by atoms with E-state index >= 15 is 0 Å². The van der Waals surface area contributed by atoms with Crippen molar-refractivity contribution in [1.82, 2.24) is 19.9 Å². The Kier molecular flexibility index (Phi) is 4.72. The minimum atomic E-state index is -0.335. The van der Waals surface area contributed by atoms with Crippen LogP contribution in [0.1, 0.15) is 30.2 Å². The summed E-state index contributed by atoms with van der Waals surface area (Å²) in [5.41, 5.74) is 0.209. The molecule has 2 N–H and O–H groups in total. The quantitative estimate of drug-likeness (QED) is 0.562. The van der Waals surface area contributed by atoms with Gasteiger partial charge in [-0.15, -0.1) is 0 Å². The molecule has 2 aromatic carbocycles. The normalized spacial score (nSPS) is 11.3. The molecule has 0 spiro atoms. The van der Waals surface area contributed by atoms with Gasteiger partial charge in [0.25, 0.3) is 17.0 Å². The molecule has 7 heteroatoms. The molecule has 146 valence electrons. The molecule has 29 heavy (non-hydrogen) atoms. The fourth-order valence-corrected chi connectivity index (χ4v) is 3.34. The van der Waals surface area contributed by atoms with Crippen molar-refractivity contribution in [3.05, 3.63) is 86.8 Å². The summed E-state index contributed by atoms with van der Waals surface area (Å²) in [6.07, 6.45) is 0. The van der Waals surface area contributed by atoms with Crippen molar-refractivity contribution in [2.45, 2.75) is 26.4 Å². The predicted octanol–water partition coefficient (Wildman–Crippen LogP) is 2.82. The third kappa shape index (κ3) is 3.54. The zero-order valence-electron chi connectivity index (χ0n) is 16.1. The van der Waals surface area contributed by atoms with Gasteiger partial charge in [0.1, 0.15) is 11.5 Å². The average Bonchev–Trinajstić information content (AvgIpc) is 2.71. The molecule has 0 radical (unpaired) electrons. The van der Waals surface area contributed by atoms with E-state index in [-0.39, 0.29) is 35.3 Å². The lowest BCUT2D eigenvalue weighted by atomic mass is 10.1. The van der Waals surface area contributed by atoms with E-state index in [0.29, 0.717) is 27.5 Å². The Labute approximate surface area is 166 Å². The summed E-state index contributed by atoms with van der Waals surface area (Å²) in [7, 11) is 0. The maximum Gasteiger partial charge on any atom is 0.271 e. The van der Waals surface area contributed by atoms with Crippen LogP contribution in [0.2, 0.25) is 0 Å². The van der Waals surface area contributed by atoms with E-state index in [1.807, 2.05) is 26.0 Å². The molecule has 7 nitrogen and oxygen atoms in total. The molecule has 0 bridgehead atoms. The van der Waals surface area contributed by atoms with Crippen LogP contribution in [0.4, 0.5) is 0 Å². The minimum absolute atomic E-state index is 0.116. The van der Waals surface area contributed by atoms with Gasteiger partial charge in [0.15, 0.2) is 0 Å². The van der Waals surface area contributed by atoms with E-state index in [1.165, 1.54) is 0 Å².